The number of hydrogen-bond acceptors (Lipinski definition) is 3. The second-order valence-corrected chi connectivity index (χ2v) is 4.59. The number of ether oxygens (including phenoxy) is 1. The van der Waals surface area contributed by atoms with Crippen molar-refractivity contribution in [1.29, 1.82) is 0 Å². The summed E-state index contributed by atoms with van der Waals surface area (Å²) in [4.78, 5) is 11.3. The van der Waals surface area contributed by atoms with Crippen LogP contribution in [-0.2, 0) is 9.53 Å². The quantitative estimate of drug-likeness (QED) is 0.660. The number of carbonyl (C=O) groups excluding carboxylic acids is 1. The van der Waals surface area contributed by atoms with E-state index in [0.29, 0.717) is 12.0 Å². The summed E-state index contributed by atoms with van der Waals surface area (Å²) in [6.45, 7) is 8.24. The van der Waals surface area contributed by atoms with Crippen molar-refractivity contribution in [2.45, 2.75) is 33.6 Å². The Morgan fingerprint density at radius 1 is 1.57 bits per heavy atom. The summed E-state index contributed by atoms with van der Waals surface area (Å²) < 4.78 is 4.92. The molecule has 0 amide bonds. The molecule has 3 nitrogen and oxygen atoms in total. The van der Waals surface area contributed by atoms with Crippen LogP contribution < -0.4 is 5.32 Å². The summed E-state index contributed by atoms with van der Waals surface area (Å²) in [6.07, 6.45) is 2.63. The zero-order chi connectivity index (χ0) is 10.6. The minimum Gasteiger partial charge on any atom is -0.466 e. The van der Waals surface area contributed by atoms with Gasteiger partial charge in [-0.3, -0.25) is 4.79 Å². The van der Waals surface area contributed by atoms with Gasteiger partial charge >= 0.3 is 5.97 Å². The molecule has 1 rings (SSSR count). The summed E-state index contributed by atoms with van der Waals surface area (Å²) in [7, 11) is 0. The molecule has 0 bridgehead atoms. The Bertz CT molecular complexity index is 199. The molecule has 1 fully saturated rings. The maximum atomic E-state index is 11.3. The molecule has 1 aliphatic carbocycles. The predicted molar refractivity (Wildman–Crippen MR) is 56.0 cm³/mol. The van der Waals surface area contributed by atoms with Gasteiger partial charge in [0.1, 0.15) is 0 Å². The Morgan fingerprint density at radius 3 is 2.71 bits per heavy atom. The third-order valence-electron chi connectivity index (χ3n) is 2.79. The van der Waals surface area contributed by atoms with E-state index in [-0.39, 0.29) is 11.9 Å². The number of rotatable bonds is 6. The van der Waals surface area contributed by atoms with E-state index >= 15 is 0 Å². The van der Waals surface area contributed by atoms with Crippen LogP contribution in [0.4, 0.5) is 0 Å². The van der Waals surface area contributed by atoms with Crippen LogP contribution in [0.2, 0.25) is 0 Å². The minimum atomic E-state index is -0.0963. The molecule has 0 spiro atoms. The highest BCUT2D eigenvalue weighted by Crippen LogP contribution is 2.43. The first-order chi connectivity index (χ1) is 6.57. The fraction of sp³-hybridized carbons (Fsp3) is 0.909. The zero-order valence-electron chi connectivity index (χ0n) is 9.43. The van der Waals surface area contributed by atoms with Crippen molar-refractivity contribution in [2.24, 2.45) is 11.3 Å². The second-order valence-electron chi connectivity index (χ2n) is 4.59. The largest absolute Gasteiger partial charge is 0.466 e. The highest BCUT2D eigenvalue weighted by molar-refractivity contribution is 5.72. The van der Waals surface area contributed by atoms with E-state index < -0.39 is 0 Å². The van der Waals surface area contributed by atoms with Gasteiger partial charge in [-0.15, -0.1) is 0 Å². The van der Waals surface area contributed by atoms with Gasteiger partial charge in [-0.25, -0.2) is 0 Å². The van der Waals surface area contributed by atoms with E-state index in [1.54, 1.807) is 0 Å². The summed E-state index contributed by atoms with van der Waals surface area (Å²) in [6, 6.07) is 0. The average molecular weight is 199 g/mol. The number of hydrogen-bond donors (Lipinski definition) is 1. The molecule has 82 valence electrons. The van der Waals surface area contributed by atoms with Crippen LogP contribution in [0.1, 0.15) is 33.6 Å². The zero-order valence-corrected chi connectivity index (χ0v) is 9.43. The molecule has 1 saturated carbocycles. The fourth-order valence-corrected chi connectivity index (χ4v) is 1.35. The molecule has 0 saturated heterocycles. The van der Waals surface area contributed by atoms with Gasteiger partial charge in [0.2, 0.25) is 0 Å². The molecule has 0 aromatic carbocycles. The van der Waals surface area contributed by atoms with E-state index in [2.05, 4.69) is 12.2 Å². The molecule has 1 N–H and O–H groups in total. The Hall–Kier alpha value is -0.570. The SMILES string of the molecule is CCOC(=O)C(C)CNCC1(C)CC1. The third-order valence-corrected chi connectivity index (χ3v) is 2.79. The van der Waals surface area contributed by atoms with Gasteiger partial charge in [-0.1, -0.05) is 13.8 Å². The number of nitrogens with one attached hydrogen (secondary N) is 1. The molecule has 1 aliphatic rings. The lowest BCUT2D eigenvalue weighted by Gasteiger charge is -2.13. The maximum Gasteiger partial charge on any atom is 0.309 e. The Labute approximate surface area is 86.2 Å². The number of esters is 1. The van der Waals surface area contributed by atoms with Crippen molar-refractivity contribution in [1.82, 2.24) is 5.32 Å². The van der Waals surface area contributed by atoms with Crippen molar-refractivity contribution in [3.8, 4) is 0 Å². The van der Waals surface area contributed by atoms with Crippen LogP contribution in [0.15, 0.2) is 0 Å². The lowest BCUT2D eigenvalue weighted by atomic mass is 10.1. The molecular formula is C11H21NO2. The summed E-state index contributed by atoms with van der Waals surface area (Å²) in [5, 5.41) is 3.33. The van der Waals surface area contributed by atoms with E-state index in [4.69, 9.17) is 4.74 Å². The average Bonchev–Trinajstić information content (AvgIpc) is 2.84. The van der Waals surface area contributed by atoms with E-state index in [1.165, 1.54) is 12.8 Å². The first kappa shape index (κ1) is 11.5. The first-order valence-corrected chi connectivity index (χ1v) is 5.45. The van der Waals surface area contributed by atoms with E-state index in [1.807, 2.05) is 13.8 Å². The van der Waals surface area contributed by atoms with Gasteiger partial charge < -0.3 is 10.1 Å². The predicted octanol–water partition coefficient (Wildman–Crippen LogP) is 1.58. The molecule has 0 aromatic rings. The van der Waals surface area contributed by atoms with Crippen LogP contribution in [-0.4, -0.2) is 25.7 Å². The molecule has 0 aromatic heterocycles. The molecular weight excluding hydrogens is 178 g/mol. The van der Waals surface area contributed by atoms with Crippen LogP contribution >= 0.6 is 0 Å². The van der Waals surface area contributed by atoms with Gasteiger partial charge in [0.15, 0.2) is 0 Å². The molecule has 0 aliphatic heterocycles. The van der Waals surface area contributed by atoms with Gasteiger partial charge in [0.05, 0.1) is 12.5 Å². The van der Waals surface area contributed by atoms with Crippen molar-refractivity contribution in [2.75, 3.05) is 19.7 Å². The number of carbonyl (C=O) groups is 1. The standard InChI is InChI=1S/C11H21NO2/c1-4-14-10(13)9(2)7-12-8-11(3)5-6-11/h9,12H,4-8H2,1-3H3. The lowest BCUT2D eigenvalue weighted by molar-refractivity contribution is -0.147. The van der Waals surface area contributed by atoms with Crippen molar-refractivity contribution >= 4 is 5.97 Å². The second kappa shape index (κ2) is 4.78. The van der Waals surface area contributed by atoms with Crippen LogP contribution in [0, 0.1) is 11.3 Å². The summed E-state index contributed by atoms with van der Waals surface area (Å²) >= 11 is 0. The molecule has 14 heavy (non-hydrogen) atoms. The Balaban J connectivity index is 2.07. The van der Waals surface area contributed by atoms with Crippen LogP contribution in [0.3, 0.4) is 0 Å². The third kappa shape index (κ3) is 3.66. The van der Waals surface area contributed by atoms with Crippen molar-refractivity contribution < 1.29 is 9.53 Å². The normalized spacial score (nSPS) is 20.2. The maximum absolute atomic E-state index is 11.3. The Morgan fingerprint density at radius 2 is 2.21 bits per heavy atom. The summed E-state index contributed by atoms with van der Waals surface area (Å²) in [5.74, 6) is -0.127. The van der Waals surface area contributed by atoms with E-state index in [9.17, 15) is 4.79 Å². The topological polar surface area (TPSA) is 38.3 Å². The highest BCUT2D eigenvalue weighted by atomic mass is 16.5. The van der Waals surface area contributed by atoms with Crippen molar-refractivity contribution in [3.63, 3.8) is 0 Å². The molecule has 0 heterocycles. The molecule has 3 heteroatoms. The smallest absolute Gasteiger partial charge is 0.309 e. The van der Waals surface area contributed by atoms with Gasteiger partial charge in [0, 0.05) is 13.1 Å². The van der Waals surface area contributed by atoms with Crippen LogP contribution in [0.25, 0.3) is 0 Å². The van der Waals surface area contributed by atoms with Crippen LogP contribution in [0.5, 0.6) is 0 Å². The highest BCUT2D eigenvalue weighted by Gasteiger charge is 2.36. The minimum absolute atomic E-state index is 0.0303. The molecule has 0 radical (unpaired) electrons. The van der Waals surface area contributed by atoms with E-state index in [0.717, 1.165) is 13.1 Å². The lowest BCUT2D eigenvalue weighted by Crippen LogP contribution is -2.31. The first-order valence-electron chi connectivity index (χ1n) is 5.45. The molecule has 1 unspecified atom stereocenters. The van der Waals surface area contributed by atoms with Gasteiger partial charge in [0.25, 0.3) is 0 Å². The van der Waals surface area contributed by atoms with Gasteiger partial charge in [-0.2, -0.15) is 0 Å². The monoisotopic (exact) mass is 199 g/mol. The van der Waals surface area contributed by atoms with Crippen molar-refractivity contribution in [3.05, 3.63) is 0 Å². The van der Waals surface area contributed by atoms with Gasteiger partial charge in [-0.05, 0) is 25.2 Å². The fourth-order valence-electron chi connectivity index (χ4n) is 1.35. The Kier molecular flexibility index (Phi) is 3.93. The molecule has 1 atom stereocenters. The summed E-state index contributed by atoms with van der Waals surface area (Å²) in [5.41, 5.74) is 0.508.